The second-order valence-corrected chi connectivity index (χ2v) is 9.53. The second-order valence-electron chi connectivity index (χ2n) is 9.15. The van der Waals surface area contributed by atoms with Crippen LogP contribution in [0.4, 0.5) is 0 Å². The van der Waals surface area contributed by atoms with Crippen LogP contribution < -0.4 is 0 Å². The van der Waals surface area contributed by atoms with Crippen molar-refractivity contribution in [3.63, 3.8) is 0 Å². The Balaban J connectivity index is 2.15. The first-order valence-electron chi connectivity index (χ1n) is 13.0. The molecule has 1 aliphatic rings. The first-order chi connectivity index (χ1) is 14.8. The summed E-state index contributed by atoms with van der Waals surface area (Å²) in [6.07, 6.45) is 27.8. The Morgan fingerprint density at radius 1 is 0.933 bits per heavy atom. The fourth-order valence-electron chi connectivity index (χ4n) is 4.62. The molecule has 0 aromatic heterocycles. The average Bonchev–Trinajstić information content (AvgIpc) is 3.23. The van der Waals surface area contributed by atoms with Crippen molar-refractivity contribution in [2.75, 3.05) is 32.1 Å². The third-order valence-corrected chi connectivity index (χ3v) is 6.85. The molecule has 1 heterocycles. The van der Waals surface area contributed by atoms with E-state index in [-0.39, 0.29) is 6.61 Å². The molecule has 1 aliphatic heterocycles. The molecule has 0 radical (unpaired) electrons. The van der Waals surface area contributed by atoms with E-state index in [0.717, 1.165) is 55.7 Å². The maximum atomic E-state index is 9.59. The molecule has 0 bridgehead atoms. The monoisotopic (exact) mass is 441 g/mol. The van der Waals surface area contributed by atoms with E-state index in [0.29, 0.717) is 6.04 Å². The van der Waals surface area contributed by atoms with Gasteiger partial charge in [0, 0.05) is 18.9 Å². The number of rotatable bonds is 21. The van der Waals surface area contributed by atoms with Gasteiger partial charge in [-0.15, -0.1) is 11.6 Å². The quantitative estimate of drug-likeness (QED) is 0.0863. The van der Waals surface area contributed by atoms with Crippen molar-refractivity contribution in [3.8, 4) is 0 Å². The predicted octanol–water partition coefficient (Wildman–Crippen LogP) is 7.26. The number of nitrogens with zero attached hydrogens (tertiary/aromatic N) is 2. The lowest BCUT2D eigenvalue weighted by Crippen LogP contribution is -2.53. The minimum atomic E-state index is 0.247. The van der Waals surface area contributed by atoms with Gasteiger partial charge in [-0.1, -0.05) is 83.6 Å². The van der Waals surface area contributed by atoms with Crippen molar-refractivity contribution < 1.29 is 9.59 Å². The van der Waals surface area contributed by atoms with Gasteiger partial charge < -0.3 is 5.11 Å². The summed E-state index contributed by atoms with van der Waals surface area (Å²) in [7, 11) is 0. The smallest absolute Gasteiger partial charge is 0.186 e. The van der Waals surface area contributed by atoms with E-state index >= 15 is 0 Å². The lowest BCUT2D eigenvalue weighted by molar-refractivity contribution is -0.848. The first-order valence-corrected chi connectivity index (χ1v) is 13.5. The summed E-state index contributed by atoms with van der Waals surface area (Å²) in [5.41, 5.74) is 0. The van der Waals surface area contributed by atoms with Crippen LogP contribution in [0.3, 0.4) is 0 Å². The Labute approximate surface area is 192 Å². The Bertz CT molecular complexity index is 441. The van der Waals surface area contributed by atoms with Gasteiger partial charge in [0.2, 0.25) is 0 Å². The molecular formula is C26H50ClN2O+. The van der Waals surface area contributed by atoms with Crippen LogP contribution in [-0.2, 0) is 0 Å². The minimum Gasteiger partial charge on any atom is -0.396 e. The molecule has 0 saturated heterocycles. The van der Waals surface area contributed by atoms with Crippen molar-refractivity contribution in [1.82, 2.24) is 0 Å². The highest BCUT2D eigenvalue weighted by Crippen LogP contribution is 2.22. The first kappa shape index (κ1) is 27.7. The predicted molar refractivity (Wildman–Crippen MR) is 134 cm³/mol. The van der Waals surface area contributed by atoms with Gasteiger partial charge in [0.1, 0.15) is 12.6 Å². The molecule has 0 aliphatic carbocycles. The maximum absolute atomic E-state index is 9.59. The molecular weight excluding hydrogens is 392 g/mol. The van der Waals surface area contributed by atoms with Crippen LogP contribution in [0.1, 0.15) is 110 Å². The summed E-state index contributed by atoms with van der Waals surface area (Å²) < 4.78 is 0.909. The molecule has 1 rings (SSSR count). The normalized spacial score (nSPS) is 19.8. The number of aliphatic hydroxyl groups excluding tert-OH is 1. The zero-order valence-electron chi connectivity index (χ0n) is 19.9. The largest absolute Gasteiger partial charge is 0.396 e. The van der Waals surface area contributed by atoms with Gasteiger partial charge >= 0.3 is 0 Å². The van der Waals surface area contributed by atoms with E-state index in [1.54, 1.807) is 0 Å². The van der Waals surface area contributed by atoms with Crippen LogP contribution in [0.15, 0.2) is 17.1 Å². The van der Waals surface area contributed by atoms with Gasteiger partial charge in [0.25, 0.3) is 0 Å². The van der Waals surface area contributed by atoms with E-state index in [1.807, 2.05) is 0 Å². The molecule has 0 saturated carbocycles. The Morgan fingerprint density at radius 2 is 1.57 bits per heavy atom. The zero-order valence-corrected chi connectivity index (χ0v) is 20.6. The highest BCUT2D eigenvalue weighted by Gasteiger charge is 2.35. The van der Waals surface area contributed by atoms with Crippen molar-refractivity contribution in [1.29, 1.82) is 0 Å². The van der Waals surface area contributed by atoms with Gasteiger partial charge in [-0.2, -0.15) is 0 Å². The van der Waals surface area contributed by atoms with Crippen molar-refractivity contribution >= 4 is 17.9 Å². The van der Waals surface area contributed by atoms with Crippen molar-refractivity contribution in [2.45, 2.75) is 116 Å². The van der Waals surface area contributed by atoms with Crippen LogP contribution >= 0.6 is 11.6 Å². The number of aliphatic hydroxyl groups is 1. The Morgan fingerprint density at radius 3 is 2.10 bits per heavy atom. The molecule has 2 unspecified atom stereocenters. The molecule has 0 spiro atoms. The fourth-order valence-corrected chi connectivity index (χ4v) is 4.81. The van der Waals surface area contributed by atoms with Gasteiger partial charge in [-0.25, -0.2) is 4.99 Å². The molecule has 1 N–H and O–H groups in total. The molecule has 176 valence electrons. The lowest BCUT2D eigenvalue weighted by atomic mass is 10.0. The third kappa shape index (κ3) is 12.5. The number of quaternary nitrogens is 1. The van der Waals surface area contributed by atoms with Gasteiger partial charge in [-0.3, -0.25) is 4.48 Å². The summed E-state index contributed by atoms with van der Waals surface area (Å²) in [6, 6.07) is 0.355. The molecule has 3 nitrogen and oxygen atoms in total. The Kier molecular flexibility index (Phi) is 17.8. The number of allylic oxidation sites excluding steroid dienone is 1. The summed E-state index contributed by atoms with van der Waals surface area (Å²) >= 11 is 5.88. The van der Waals surface area contributed by atoms with E-state index in [2.05, 4.69) is 30.4 Å². The maximum Gasteiger partial charge on any atom is 0.186 e. The van der Waals surface area contributed by atoms with E-state index < -0.39 is 0 Å². The average molecular weight is 442 g/mol. The summed E-state index contributed by atoms with van der Waals surface area (Å²) in [6.45, 7) is 5.60. The van der Waals surface area contributed by atoms with Crippen LogP contribution in [0.5, 0.6) is 0 Å². The number of unbranched alkanes of at least 4 members (excludes halogenated alkanes) is 13. The zero-order chi connectivity index (χ0) is 21.8. The molecule has 30 heavy (non-hydrogen) atoms. The van der Waals surface area contributed by atoms with Crippen LogP contribution in [-0.4, -0.2) is 54.1 Å². The number of hydrogen-bond acceptors (Lipinski definition) is 2. The summed E-state index contributed by atoms with van der Waals surface area (Å²) in [4.78, 5) is 4.54. The number of halogens is 1. The molecule has 0 aromatic rings. The second kappa shape index (κ2) is 19.3. The number of aliphatic imine (C=N–C) groups is 1. The molecule has 0 fully saturated rings. The van der Waals surface area contributed by atoms with Crippen molar-refractivity contribution in [3.05, 3.63) is 12.2 Å². The third-order valence-electron chi connectivity index (χ3n) is 6.58. The van der Waals surface area contributed by atoms with Gasteiger partial charge in [0.05, 0.1) is 13.1 Å². The molecule has 2 atom stereocenters. The van der Waals surface area contributed by atoms with Crippen LogP contribution in [0.25, 0.3) is 0 Å². The number of hydrogen-bond donors (Lipinski definition) is 1. The van der Waals surface area contributed by atoms with E-state index in [1.165, 1.54) is 77.0 Å². The van der Waals surface area contributed by atoms with E-state index in [9.17, 15) is 5.11 Å². The Hall–Kier alpha value is -0.380. The standard InChI is InChI=1S/C26H50ClN2O/c1-2-3-4-5-6-7-8-9-10-11-12-13-14-15-18-26(19-24-30)29(22-17-16-20-27)23-21-28-25-29/h15,18,25-26,30H,2-14,16-17,19-24H2,1H3/q+1/b18-15-. The number of alkyl halides is 1. The molecule has 0 aromatic carbocycles. The fraction of sp³-hybridized carbons (Fsp3) is 0.885. The molecule has 0 amide bonds. The van der Waals surface area contributed by atoms with Crippen LogP contribution in [0, 0.1) is 0 Å². The molecule has 4 heteroatoms. The highest BCUT2D eigenvalue weighted by atomic mass is 35.5. The minimum absolute atomic E-state index is 0.247. The SMILES string of the molecule is CCCCCCCCCCCCCC/C=C\C(CCO)[N+]1(CCCCCl)C=NCC1. The lowest BCUT2D eigenvalue weighted by Gasteiger charge is -2.37. The summed E-state index contributed by atoms with van der Waals surface area (Å²) in [5, 5.41) is 9.59. The van der Waals surface area contributed by atoms with Gasteiger partial charge in [-0.05, 0) is 31.8 Å². The van der Waals surface area contributed by atoms with E-state index in [4.69, 9.17) is 11.6 Å². The van der Waals surface area contributed by atoms with Gasteiger partial charge in [0.15, 0.2) is 6.34 Å². The van der Waals surface area contributed by atoms with Crippen LogP contribution in [0.2, 0.25) is 0 Å². The van der Waals surface area contributed by atoms with Crippen molar-refractivity contribution in [2.24, 2.45) is 4.99 Å². The highest BCUT2D eigenvalue weighted by molar-refractivity contribution is 6.17. The summed E-state index contributed by atoms with van der Waals surface area (Å²) in [5.74, 6) is 0.733. The topological polar surface area (TPSA) is 32.6 Å².